The van der Waals surface area contributed by atoms with Crippen molar-refractivity contribution >= 4 is 0 Å². The summed E-state index contributed by atoms with van der Waals surface area (Å²) < 4.78 is 0. The van der Waals surface area contributed by atoms with Gasteiger partial charge in [-0.2, -0.15) is 0 Å². The highest BCUT2D eigenvalue weighted by Gasteiger charge is 1.89. The van der Waals surface area contributed by atoms with Crippen LogP contribution < -0.4 is 0 Å². The van der Waals surface area contributed by atoms with Gasteiger partial charge in [-0.25, -0.2) is 0 Å². The summed E-state index contributed by atoms with van der Waals surface area (Å²) >= 11 is 0. The minimum absolute atomic E-state index is 0.191. The van der Waals surface area contributed by atoms with Crippen LogP contribution in [0.3, 0.4) is 0 Å². The Morgan fingerprint density at radius 2 is 1.36 bits per heavy atom. The molecule has 1 nitrogen and oxygen atoms in total. The highest BCUT2D eigenvalue weighted by Crippen LogP contribution is 2.09. The fourth-order valence-corrected chi connectivity index (χ4v) is 1.59. The monoisotopic (exact) mass is 198 g/mol. The molecular weight excluding hydrogens is 172 g/mol. The molecule has 0 atom stereocenters. The topological polar surface area (TPSA) is 20.2 Å². The van der Waals surface area contributed by atoms with Crippen molar-refractivity contribution in [3.05, 3.63) is 12.2 Å². The molecule has 0 saturated carbocycles. The highest BCUT2D eigenvalue weighted by molar-refractivity contribution is 4.80. The Hall–Kier alpha value is -0.300. The molecule has 0 radical (unpaired) electrons. The maximum Gasteiger partial charge on any atom is 0.0612 e. The molecule has 84 valence electrons. The van der Waals surface area contributed by atoms with Crippen LogP contribution in [0.5, 0.6) is 0 Å². The molecule has 14 heavy (non-hydrogen) atoms. The van der Waals surface area contributed by atoms with Crippen LogP contribution in [0.25, 0.3) is 0 Å². The average Bonchev–Trinajstić information content (AvgIpc) is 2.21. The smallest absolute Gasteiger partial charge is 0.0612 e. The molecule has 0 rings (SSSR count). The van der Waals surface area contributed by atoms with E-state index in [0.717, 1.165) is 6.42 Å². The molecule has 0 unspecified atom stereocenters. The Morgan fingerprint density at radius 3 is 1.93 bits per heavy atom. The lowest BCUT2D eigenvalue weighted by Gasteiger charge is -1.99. The van der Waals surface area contributed by atoms with Gasteiger partial charge in [-0.3, -0.25) is 0 Å². The zero-order chi connectivity index (χ0) is 10.5. The molecule has 0 aliphatic rings. The predicted octanol–water partition coefficient (Wildman–Crippen LogP) is 4.07. The summed E-state index contributed by atoms with van der Waals surface area (Å²) in [6.07, 6.45) is 16.0. The van der Waals surface area contributed by atoms with Crippen LogP contribution in [0.1, 0.15) is 64.7 Å². The molecule has 1 N–H and O–H groups in total. The third-order valence-electron chi connectivity index (χ3n) is 2.50. The maximum atomic E-state index is 8.50. The lowest BCUT2D eigenvalue weighted by molar-refractivity contribution is 0.342. The summed E-state index contributed by atoms with van der Waals surface area (Å²) in [5, 5.41) is 8.50. The van der Waals surface area contributed by atoms with Gasteiger partial charge in [0.25, 0.3) is 0 Å². The number of hydrogen-bond acceptors (Lipinski definition) is 1. The molecule has 0 fully saturated rings. The summed E-state index contributed by atoms with van der Waals surface area (Å²) in [5.74, 6) is 0. The standard InChI is InChI=1S/C13H26O/c1-2-3-4-5-6-7-8-9-10-11-12-13-14/h11-12,14H,2-10,13H2,1H3/b12-11+. The second-order valence-electron chi connectivity index (χ2n) is 3.92. The number of unbranched alkanes of at least 4 members (excludes halogenated alkanes) is 8. The second kappa shape index (κ2) is 12.7. The Morgan fingerprint density at radius 1 is 0.786 bits per heavy atom. The largest absolute Gasteiger partial charge is 0.392 e. The van der Waals surface area contributed by atoms with Gasteiger partial charge in [-0.1, -0.05) is 64.0 Å². The third kappa shape index (κ3) is 11.7. The van der Waals surface area contributed by atoms with Gasteiger partial charge in [0.05, 0.1) is 6.61 Å². The molecule has 0 saturated heterocycles. The van der Waals surface area contributed by atoms with Crippen molar-refractivity contribution in [2.45, 2.75) is 64.7 Å². The van der Waals surface area contributed by atoms with E-state index >= 15 is 0 Å². The van der Waals surface area contributed by atoms with Gasteiger partial charge in [0.15, 0.2) is 0 Å². The van der Waals surface area contributed by atoms with E-state index in [1.807, 2.05) is 6.08 Å². The predicted molar refractivity (Wildman–Crippen MR) is 63.5 cm³/mol. The van der Waals surface area contributed by atoms with Gasteiger partial charge in [-0.15, -0.1) is 0 Å². The molecule has 0 amide bonds. The minimum Gasteiger partial charge on any atom is -0.392 e. The molecule has 0 aromatic heterocycles. The van der Waals surface area contributed by atoms with Crippen molar-refractivity contribution in [1.82, 2.24) is 0 Å². The first-order valence-corrected chi connectivity index (χ1v) is 6.17. The van der Waals surface area contributed by atoms with Crippen LogP contribution in [0, 0.1) is 0 Å². The summed E-state index contributed by atoms with van der Waals surface area (Å²) in [7, 11) is 0. The Bertz CT molecular complexity index is 118. The molecule has 0 aliphatic heterocycles. The van der Waals surface area contributed by atoms with Crippen LogP contribution in [-0.2, 0) is 0 Å². The second-order valence-corrected chi connectivity index (χ2v) is 3.92. The molecule has 1 heteroatoms. The summed E-state index contributed by atoms with van der Waals surface area (Å²) in [4.78, 5) is 0. The minimum atomic E-state index is 0.191. The van der Waals surface area contributed by atoms with Gasteiger partial charge in [0.2, 0.25) is 0 Å². The van der Waals surface area contributed by atoms with Crippen LogP contribution in [0.4, 0.5) is 0 Å². The first kappa shape index (κ1) is 13.7. The van der Waals surface area contributed by atoms with Crippen molar-refractivity contribution < 1.29 is 5.11 Å². The van der Waals surface area contributed by atoms with E-state index in [-0.39, 0.29) is 6.61 Å². The van der Waals surface area contributed by atoms with Crippen molar-refractivity contribution in [1.29, 1.82) is 0 Å². The Labute approximate surface area is 89.2 Å². The average molecular weight is 198 g/mol. The highest BCUT2D eigenvalue weighted by atomic mass is 16.2. The van der Waals surface area contributed by atoms with E-state index in [0.29, 0.717) is 0 Å². The summed E-state index contributed by atoms with van der Waals surface area (Å²) in [6, 6.07) is 0. The molecule has 0 aromatic carbocycles. The van der Waals surface area contributed by atoms with E-state index in [2.05, 4.69) is 13.0 Å². The fourth-order valence-electron chi connectivity index (χ4n) is 1.59. The molecular formula is C13H26O. The molecule has 0 aromatic rings. The quantitative estimate of drug-likeness (QED) is 0.414. The van der Waals surface area contributed by atoms with Gasteiger partial charge >= 0.3 is 0 Å². The lowest BCUT2D eigenvalue weighted by Crippen LogP contribution is -1.80. The first-order chi connectivity index (χ1) is 6.91. The van der Waals surface area contributed by atoms with E-state index in [9.17, 15) is 0 Å². The van der Waals surface area contributed by atoms with Crippen molar-refractivity contribution in [3.8, 4) is 0 Å². The fraction of sp³-hybridized carbons (Fsp3) is 0.846. The Kier molecular flexibility index (Phi) is 12.4. The zero-order valence-electron chi connectivity index (χ0n) is 9.67. The van der Waals surface area contributed by atoms with E-state index < -0.39 is 0 Å². The first-order valence-electron chi connectivity index (χ1n) is 6.17. The molecule has 0 spiro atoms. The normalized spacial score (nSPS) is 11.3. The van der Waals surface area contributed by atoms with Gasteiger partial charge in [0, 0.05) is 0 Å². The van der Waals surface area contributed by atoms with Gasteiger partial charge in [-0.05, 0) is 12.8 Å². The SMILES string of the molecule is CCCCCCCCCC/C=C/CO. The summed E-state index contributed by atoms with van der Waals surface area (Å²) in [6.45, 7) is 2.45. The number of hydrogen-bond donors (Lipinski definition) is 1. The van der Waals surface area contributed by atoms with E-state index in [1.165, 1.54) is 51.4 Å². The Balaban J connectivity index is 2.88. The van der Waals surface area contributed by atoms with E-state index in [1.54, 1.807) is 0 Å². The van der Waals surface area contributed by atoms with Crippen molar-refractivity contribution in [2.24, 2.45) is 0 Å². The van der Waals surface area contributed by atoms with E-state index in [4.69, 9.17) is 5.11 Å². The zero-order valence-corrected chi connectivity index (χ0v) is 9.67. The number of allylic oxidation sites excluding steroid dienone is 1. The van der Waals surface area contributed by atoms with Gasteiger partial charge < -0.3 is 5.11 Å². The van der Waals surface area contributed by atoms with Crippen molar-refractivity contribution in [2.75, 3.05) is 6.61 Å². The third-order valence-corrected chi connectivity index (χ3v) is 2.50. The van der Waals surface area contributed by atoms with Crippen LogP contribution in [0.2, 0.25) is 0 Å². The van der Waals surface area contributed by atoms with Crippen molar-refractivity contribution in [3.63, 3.8) is 0 Å². The molecule has 0 heterocycles. The van der Waals surface area contributed by atoms with Crippen LogP contribution in [0.15, 0.2) is 12.2 Å². The van der Waals surface area contributed by atoms with Crippen LogP contribution in [-0.4, -0.2) is 11.7 Å². The van der Waals surface area contributed by atoms with Crippen LogP contribution >= 0.6 is 0 Å². The maximum absolute atomic E-state index is 8.50. The number of aliphatic hydroxyl groups is 1. The number of aliphatic hydroxyl groups excluding tert-OH is 1. The number of rotatable bonds is 10. The lowest BCUT2D eigenvalue weighted by atomic mass is 10.1. The van der Waals surface area contributed by atoms with Gasteiger partial charge in [0.1, 0.15) is 0 Å². The summed E-state index contributed by atoms with van der Waals surface area (Å²) in [5.41, 5.74) is 0. The molecule has 0 aliphatic carbocycles. The molecule has 0 bridgehead atoms.